The topological polar surface area (TPSA) is 122 Å². The number of aromatic amines is 1. The number of piperidine rings is 1. The first-order valence-electron chi connectivity index (χ1n) is 11.5. The number of fused-ring (bicyclic) bond motifs is 1. The number of H-pyrrole nitrogens is 1. The highest BCUT2D eigenvalue weighted by Crippen LogP contribution is 2.25. The molecule has 0 bridgehead atoms. The number of hydrogen-bond donors (Lipinski definition) is 1. The highest BCUT2D eigenvalue weighted by atomic mass is 16.6. The van der Waals surface area contributed by atoms with Gasteiger partial charge in [-0.3, -0.25) is 14.5 Å². The molecule has 10 heteroatoms. The van der Waals surface area contributed by atoms with Crippen LogP contribution >= 0.6 is 0 Å². The highest BCUT2D eigenvalue weighted by molar-refractivity contribution is 5.93. The molecular weight excluding hydrogens is 452 g/mol. The molecule has 2 aliphatic rings. The summed E-state index contributed by atoms with van der Waals surface area (Å²) < 4.78 is 10.6. The summed E-state index contributed by atoms with van der Waals surface area (Å²) in [6.45, 7) is 0.667. The summed E-state index contributed by atoms with van der Waals surface area (Å²) in [5, 5.41) is 0. The predicted octanol–water partition coefficient (Wildman–Crippen LogP) is 2.09. The molecular formula is C25H24N4O6. The summed E-state index contributed by atoms with van der Waals surface area (Å²) >= 11 is 0. The SMILES string of the molecule is O=C(OCc1ccccc1)C1COC(=O)N1C1CCN(C(=O)c2nc3ccccc3[nH]c2=O)CC1. The fourth-order valence-corrected chi connectivity index (χ4v) is 4.51. The molecule has 3 aromatic rings. The number of hydrogen-bond acceptors (Lipinski definition) is 7. The molecule has 0 spiro atoms. The Labute approximate surface area is 200 Å². The van der Waals surface area contributed by atoms with E-state index in [1.54, 1.807) is 29.2 Å². The van der Waals surface area contributed by atoms with Gasteiger partial charge in [-0.05, 0) is 30.5 Å². The van der Waals surface area contributed by atoms with Crippen molar-refractivity contribution in [2.24, 2.45) is 0 Å². The van der Waals surface area contributed by atoms with Crippen LogP contribution in [0.15, 0.2) is 59.4 Å². The molecule has 2 saturated heterocycles. The summed E-state index contributed by atoms with van der Waals surface area (Å²) in [4.78, 5) is 60.5. The maximum Gasteiger partial charge on any atom is 0.410 e. The van der Waals surface area contributed by atoms with Gasteiger partial charge in [0.15, 0.2) is 11.7 Å². The van der Waals surface area contributed by atoms with E-state index in [0.29, 0.717) is 37.0 Å². The number of carbonyl (C=O) groups excluding carboxylic acids is 3. The minimum Gasteiger partial charge on any atom is -0.459 e. The average molecular weight is 476 g/mol. The van der Waals surface area contributed by atoms with Crippen molar-refractivity contribution < 1.29 is 23.9 Å². The van der Waals surface area contributed by atoms with Crippen molar-refractivity contribution in [3.8, 4) is 0 Å². The van der Waals surface area contributed by atoms with E-state index in [0.717, 1.165) is 5.56 Å². The van der Waals surface area contributed by atoms with Crippen LogP contribution in [0.5, 0.6) is 0 Å². The zero-order chi connectivity index (χ0) is 24.4. The molecule has 0 radical (unpaired) electrons. The lowest BCUT2D eigenvalue weighted by Gasteiger charge is -2.37. The number of benzene rings is 2. The number of cyclic esters (lactones) is 1. The molecule has 35 heavy (non-hydrogen) atoms. The number of para-hydroxylation sites is 2. The second-order valence-electron chi connectivity index (χ2n) is 8.55. The summed E-state index contributed by atoms with van der Waals surface area (Å²) in [5.74, 6) is -0.983. The lowest BCUT2D eigenvalue weighted by molar-refractivity contribution is -0.150. The van der Waals surface area contributed by atoms with E-state index >= 15 is 0 Å². The smallest absolute Gasteiger partial charge is 0.410 e. The first-order valence-corrected chi connectivity index (χ1v) is 11.5. The van der Waals surface area contributed by atoms with Crippen LogP contribution in [0.4, 0.5) is 4.79 Å². The Morgan fingerprint density at radius 1 is 1.03 bits per heavy atom. The summed E-state index contributed by atoms with van der Waals surface area (Å²) in [5.41, 5.74) is 1.24. The lowest BCUT2D eigenvalue weighted by atomic mass is 10.0. The molecule has 1 N–H and O–H groups in total. The third kappa shape index (κ3) is 4.59. The molecule has 2 aromatic carbocycles. The Bertz CT molecular complexity index is 1320. The van der Waals surface area contributed by atoms with Crippen LogP contribution in [-0.4, -0.2) is 69.5 Å². The standard InChI is InChI=1S/C25H24N4O6/c30-22-21(26-18-8-4-5-9-19(18)27-22)23(31)28-12-10-17(11-13-28)29-20(15-35-25(29)33)24(32)34-14-16-6-2-1-3-7-16/h1-9,17,20H,10-15H2,(H,27,30). The lowest BCUT2D eigenvalue weighted by Crippen LogP contribution is -2.52. The minimum atomic E-state index is -0.830. The van der Waals surface area contributed by atoms with Gasteiger partial charge in [0, 0.05) is 19.1 Å². The number of aromatic nitrogens is 2. The number of rotatable bonds is 5. The molecule has 0 saturated carbocycles. The van der Waals surface area contributed by atoms with Gasteiger partial charge in [0.25, 0.3) is 11.5 Å². The fraction of sp³-hybridized carbons (Fsp3) is 0.320. The molecule has 180 valence electrons. The second-order valence-corrected chi connectivity index (χ2v) is 8.55. The molecule has 5 rings (SSSR count). The quantitative estimate of drug-likeness (QED) is 0.560. The number of amides is 2. The van der Waals surface area contributed by atoms with Crippen molar-refractivity contribution in [3.63, 3.8) is 0 Å². The van der Waals surface area contributed by atoms with Crippen molar-refractivity contribution in [3.05, 3.63) is 76.2 Å². The van der Waals surface area contributed by atoms with Gasteiger partial charge in [0.2, 0.25) is 0 Å². The fourth-order valence-electron chi connectivity index (χ4n) is 4.51. The Kier molecular flexibility index (Phi) is 6.17. The molecule has 1 aromatic heterocycles. The summed E-state index contributed by atoms with van der Waals surface area (Å²) in [6, 6.07) is 15.2. The van der Waals surface area contributed by atoms with Crippen molar-refractivity contribution in [2.75, 3.05) is 19.7 Å². The Morgan fingerprint density at radius 3 is 2.51 bits per heavy atom. The van der Waals surface area contributed by atoms with Crippen LogP contribution < -0.4 is 5.56 Å². The molecule has 2 aliphatic heterocycles. The largest absolute Gasteiger partial charge is 0.459 e. The zero-order valence-electron chi connectivity index (χ0n) is 18.9. The molecule has 0 aliphatic carbocycles. The Hall–Kier alpha value is -4.21. The van der Waals surface area contributed by atoms with E-state index < -0.39 is 29.6 Å². The normalized spacial score (nSPS) is 18.5. The monoisotopic (exact) mass is 476 g/mol. The van der Waals surface area contributed by atoms with E-state index in [1.165, 1.54) is 4.90 Å². The van der Waals surface area contributed by atoms with Crippen LogP contribution in [0, 0.1) is 0 Å². The van der Waals surface area contributed by atoms with Crippen LogP contribution in [0.25, 0.3) is 11.0 Å². The van der Waals surface area contributed by atoms with Gasteiger partial charge < -0.3 is 19.4 Å². The minimum absolute atomic E-state index is 0.0675. The van der Waals surface area contributed by atoms with Crippen LogP contribution in [0.2, 0.25) is 0 Å². The van der Waals surface area contributed by atoms with Gasteiger partial charge in [-0.1, -0.05) is 42.5 Å². The number of likely N-dealkylation sites (tertiary alicyclic amines) is 1. The van der Waals surface area contributed by atoms with Gasteiger partial charge >= 0.3 is 12.1 Å². The van der Waals surface area contributed by atoms with Crippen molar-refractivity contribution in [1.82, 2.24) is 19.8 Å². The van der Waals surface area contributed by atoms with E-state index in [2.05, 4.69) is 9.97 Å². The predicted molar refractivity (Wildman–Crippen MR) is 125 cm³/mol. The zero-order valence-corrected chi connectivity index (χ0v) is 18.9. The second kappa shape index (κ2) is 9.57. The first kappa shape index (κ1) is 22.6. The maximum absolute atomic E-state index is 13.0. The maximum atomic E-state index is 13.0. The van der Waals surface area contributed by atoms with Gasteiger partial charge in [-0.15, -0.1) is 0 Å². The molecule has 10 nitrogen and oxygen atoms in total. The van der Waals surface area contributed by atoms with Crippen molar-refractivity contribution in [2.45, 2.75) is 31.5 Å². The average Bonchev–Trinajstić information content (AvgIpc) is 3.28. The van der Waals surface area contributed by atoms with E-state index in [4.69, 9.17) is 9.47 Å². The van der Waals surface area contributed by atoms with Gasteiger partial charge in [0.05, 0.1) is 11.0 Å². The van der Waals surface area contributed by atoms with Crippen LogP contribution in [0.1, 0.15) is 28.9 Å². The number of nitrogens with zero attached hydrogens (tertiary/aromatic N) is 3. The number of esters is 1. The first-order chi connectivity index (χ1) is 17.0. The number of ether oxygens (including phenoxy) is 2. The van der Waals surface area contributed by atoms with E-state index in [9.17, 15) is 19.2 Å². The Morgan fingerprint density at radius 2 is 1.74 bits per heavy atom. The third-order valence-electron chi connectivity index (χ3n) is 6.35. The number of carbonyl (C=O) groups is 3. The van der Waals surface area contributed by atoms with Crippen LogP contribution in [-0.2, 0) is 20.9 Å². The Balaban J connectivity index is 1.23. The molecule has 1 unspecified atom stereocenters. The van der Waals surface area contributed by atoms with Gasteiger partial charge in [0.1, 0.15) is 13.2 Å². The summed E-state index contributed by atoms with van der Waals surface area (Å²) in [7, 11) is 0. The highest BCUT2D eigenvalue weighted by Gasteiger charge is 2.44. The van der Waals surface area contributed by atoms with Crippen LogP contribution in [0.3, 0.4) is 0 Å². The molecule has 2 fully saturated rings. The number of nitrogens with one attached hydrogen (secondary N) is 1. The van der Waals surface area contributed by atoms with Gasteiger partial charge in [-0.2, -0.15) is 0 Å². The molecule has 3 heterocycles. The van der Waals surface area contributed by atoms with Crippen molar-refractivity contribution in [1.29, 1.82) is 0 Å². The summed E-state index contributed by atoms with van der Waals surface area (Å²) in [6.07, 6.45) is 0.313. The van der Waals surface area contributed by atoms with E-state index in [1.807, 2.05) is 30.3 Å². The van der Waals surface area contributed by atoms with Gasteiger partial charge in [-0.25, -0.2) is 14.6 Å². The molecule has 2 amide bonds. The molecule has 1 atom stereocenters. The van der Waals surface area contributed by atoms with Crippen molar-refractivity contribution >= 4 is 29.0 Å². The van der Waals surface area contributed by atoms with E-state index in [-0.39, 0.29) is 24.9 Å². The third-order valence-corrected chi connectivity index (χ3v) is 6.35.